The highest BCUT2D eigenvalue weighted by Crippen LogP contribution is 2.38. The zero-order chi connectivity index (χ0) is 21.9. The average molecular weight is 410 g/mol. The topological polar surface area (TPSA) is 108 Å². The zero-order valence-corrected chi connectivity index (χ0v) is 17.7. The van der Waals surface area contributed by atoms with Crippen LogP contribution in [0.25, 0.3) is 10.9 Å². The third-order valence-corrected chi connectivity index (χ3v) is 4.20. The molecule has 0 aliphatic heterocycles. The first kappa shape index (κ1) is 21.0. The molecule has 0 saturated carbocycles. The van der Waals surface area contributed by atoms with Crippen molar-refractivity contribution in [3.05, 3.63) is 42.6 Å². The largest absolute Gasteiger partial charge is 0.493 e. The Morgan fingerprint density at radius 1 is 1.00 bits per heavy atom. The first-order valence-electron chi connectivity index (χ1n) is 9.37. The van der Waals surface area contributed by atoms with E-state index in [1.807, 2.05) is 39.0 Å². The fraction of sp³-hybridized carbons (Fsp3) is 0.273. The van der Waals surface area contributed by atoms with Gasteiger partial charge in [0.2, 0.25) is 0 Å². The Labute approximate surface area is 175 Å². The Hall–Kier alpha value is -3.68. The van der Waals surface area contributed by atoms with Crippen molar-refractivity contribution < 1.29 is 19.0 Å². The first-order chi connectivity index (χ1) is 14.2. The Morgan fingerprint density at radius 3 is 2.20 bits per heavy atom. The van der Waals surface area contributed by atoms with Crippen LogP contribution in [-0.2, 0) is 4.74 Å². The van der Waals surface area contributed by atoms with E-state index < -0.39 is 11.7 Å². The Bertz CT molecular complexity index is 1060. The molecule has 3 rings (SSSR count). The van der Waals surface area contributed by atoms with Crippen molar-refractivity contribution in [1.29, 1.82) is 0 Å². The van der Waals surface area contributed by atoms with Crippen LogP contribution in [0.15, 0.2) is 42.6 Å². The van der Waals surface area contributed by atoms with E-state index in [0.29, 0.717) is 34.1 Å². The molecule has 8 heteroatoms. The van der Waals surface area contributed by atoms with Crippen molar-refractivity contribution in [1.82, 2.24) is 4.98 Å². The highest BCUT2D eigenvalue weighted by Gasteiger charge is 2.16. The molecule has 0 unspecified atom stereocenters. The van der Waals surface area contributed by atoms with E-state index in [1.165, 1.54) is 0 Å². The van der Waals surface area contributed by atoms with Crippen molar-refractivity contribution in [2.24, 2.45) is 0 Å². The number of methoxy groups -OCH3 is 2. The highest BCUT2D eigenvalue weighted by molar-refractivity contribution is 6.00. The Morgan fingerprint density at radius 2 is 1.60 bits per heavy atom. The number of nitrogens with zero attached hydrogens (tertiary/aromatic N) is 1. The second-order valence-electron chi connectivity index (χ2n) is 7.64. The van der Waals surface area contributed by atoms with Gasteiger partial charge in [-0.15, -0.1) is 0 Å². The summed E-state index contributed by atoms with van der Waals surface area (Å²) in [5, 5.41) is 6.82. The first-order valence-corrected chi connectivity index (χ1v) is 9.37. The van der Waals surface area contributed by atoms with Crippen LogP contribution in [0.5, 0.6) is 11.5 Å². The fourth-order valence-corrected chi connectivity index (χ4v) is 2.88. The molecule has 0 atom stereocenters. The van der Waals surface area contributed by atoms with Crippen LogP contribution in [0.3, 0.4) is 0 Å². The summed E-state index contributed by atoms with van der Waals surface area (Å²) in [7, 11) is 3.15. The van der Waals surface area contributed by atoms with E-state index in [1.54, 1.807) is 38.6 Å². The van der Waals surface area contributed by atoms with Gasteiger partial charge in [0, 0.05) is 22.8 Å². The number of carbonyl (C=O) groups is 1. The molecule has 0 radical (unpaired) electrons. The number of anilines is 4. The van der Waals surface area contributed by atoms with Gasteiger partial charge in [-0.25, -0.2) is 4.79 Å². The maximum Gasteiger partial charge on any atom is 0.412 e. The molecule has 0 bridgehead atoms. The number of fused-ring (bicyclic) bond motifs is 1. The molecule has 2 aromatic carbocycles. The number of hydrogen-bond donors (Lipinski definition) is 3. The van der Waals surface area contributed by atoms with Crippen LogP contribution in [-0.4, -0.2) is 30.9 Å². The lowest BCUT2D eigenvalue weighted by atomic mass is 10.1. The summed E-state index contributed by atoms with van der Waals surface area (Å²) in [5.74, 6) is 1.17. The smallest absolute Gasteiger partial charge is 0.412 e. The third-order valence-electron chi connectivity index (χ3n) is 4.20. The minimum Gasteiger partial charge on any atom is -0.493 e. The van der Waals surface area contributed by atoms with Gasteiger partial charge >= 0.3 is 6.09 Å². The molecule has 0 aliphatic carbocycles. The summed E-state index contributed by atoms with van der Waals surface area (Å²) in [6, 6.07) is 10.8. The van der Waals surface area contributed by atoms with Gasteiger partial charge in [0.05, 0.1) is 37.3 Å². The van der Waals surface area contributed by atoms with Crippen molar-refractivity contribution in [2.45, 2.75) is 26.4 Å². The van der Waals surface area contributed by atoms with Gasteiger partial charge in [0.1, 0.15) is 5.60 Å². The predicted octanol–water partition coefficient (Wildman–Crippen LogP) is 4.92. The lowest BCUT2D eigenvalue weighted by Crippen LogP contribution is -2.27. The van der Waals surface area contributed by atoms with Crippen molar-refractivity contribution in [3.8, 4) is 11.5 Å². The number of pyridine rings is 1. The molecular formula is C22H26N4O4. The number of nitrogens with one attached hydrogen (secondary N) is 2. The molecule has 30 heavy (non-hydrogen) atoms. The second-order valence-corrected chi connectivity index (χ2v) is 7.64. The summed E-state index contributed by atoms with van der Waals surface area (Å²) in [4.78, 5) is 16.3. The summed E-state index contributed by atoms with van der Waals surface area (Å²) < 4.78 is 16.0. The number of aromatic nitrogens is 1. The molecule has 1 heterocycles. The van der Waals surface area contributed by atoms with Crippen molar-refractivity contribution >= 4 is 39.7 Å². The van der Waals surface area contributed by atoms with Crippen LogP contribution in [0.1, 0.15) is 20.8 Å². The van der Waals surface area contributed by atoms with Crippen molar-refractivity contribution in [3.63, 3.8) is 0 Å². The average Bonchev–Trinajstić information content (AvgIpc) is 2.69. The SMILES string of the molecule is COc1cc2ncc(N)c(Nc3ccc(NC(=O)OC(C)(C)C)cc3)c2cc1OC. The molecule has 0 spiro atoms. The Balaban J connectivity index is 1.85. The van der Waals surface area contributed by atoms with Gasteiger partial charge in [-0.2, -0.15) is 0 Å². The van der Waals surface area contributed by atoms with Crippen LogP contribution in [0.4, 0.5) is 27.5 Å². The number of carbonyl (C=O) groups excluding carboxylic acids is 1. The van der Waals surface area contributed by atoms with Crippen LogP contribution < -0.4 is 25.8 Å². The molecule has 0 saturated heterocycles. The number of hydrogen-bond acceptors (Lipinski definition) is 7. The monoisotopic (exact) mass is 410 g/mol. The standard InChI is InChI=1S/C22H26N4O4/c1-22(2,3)30-21(27)26-14-8-6-13(7-9-14)25-20-15-10-18(28-4)19(29-5)11-17(15)24-12-16(20)23/h6-12H,23H2,1-5H3,(H,24,25)(H,26,27). The van der Waals surface area contributed by atoms with Crippen LogP contribution >= 0.6 is 0 Å². The highest BCUT2D eigenvalue weighted by atomic mass is 16.6. The summed E-state index contributed by atoms with van der Waals surface area (Å²) in [6.07, 6.45) is 1.09. The lowest BCUT2D eigenvalue weighted by Gasteiger charge is -2.19. The predicted molar refractivity (Wildman–Crippen MR) is 119 cm³/mol. The molecule has 1 aromatic heterocycles. The Kier molecular flexibility index (Phi) is 5.86. The molecule has 1 amide bonds. The summed E-state index contributed by atoms with van der Waals surface area (Å²) >= 11 is 0. The summed E-state index contributed by atoms with van der Waals surface area (Å²) in [5.41, 5.74) is 8.94. The van der Waals surface area contributed by atoms with E-state index >= 15 is 0 Å². The number of nitrogen functional groups attached to an aromatic ring is 1. The van der Waals surface area contributed by atoms with Crippen LogP contribution in [0.2, 0.25) is 0 Å². The van der Waals surface area contributed by atoms with Gasteiger partial charge in [-0.1, -0.05) is 0 Å². The maximum atomic E-state index is 11.9. The maximum absolute atomic E-state index is 11.9. The number of rotatable bonds is 5. The molecule has 0 aliphatic rings. The normalized spacial score (nSPS) is 11.1. The number of nitrogens with two attached hydrogens (primary N) is 1. The van der Waals surface area contributed by atoms with Gasteiger partial charge in [-0.05, 0) is 51.1 Å². The third kappa shape index (κ3) is 4.83. The van der Waals surface area contributed by atoms with E-state index in [2.05, 4.69) is 15.6 Å². The van der Waals surface area contributed by atoms with Gasteiger partial charge in [-0.3, -0.25) is 10.3 Å². The number of ether oxygens (including phenoxy) is 3. The molecule has 0 fully saturated rings. The van der Waals surface area contributed by atoms with E-state index in [4.69, 9.17) is 19.9 Å². The molecule has 3 aromatic rings. The number of benzene rings is 2. The quantitative estimate of drug-likeness (QED) is 0.547. The molecule has 4 N–H and O–H groups in total. The van der Waals surface area contributed by atoms with Gasteiger partial charge < -0.3 is 25.3 Å². The lowest BCUT2D eigenvalue weighted by molar-refractivity contribution is 0.0636. The minimum absolute atomic E-state index is 0.491. The second kappa shape index (κ2) is 8.36. The number of amides is 1. The fourth-order valence-electron chi connectivity index (χ4n) is 2.88. The molecular weight excluding hydrogens is 384 g/mol. The van der Waals surface area contributed by atoms with E-state index in [-0.39, 0.29) is 0 Å². The van der Waals surface area contributed by atoms with E-state index in [9.17, 15) is 4.79 Å². The summed E-state index contributed by atoms with van der Waals surface area (Å²) in [6.45, 7) is 5.44. The van der Waals surface area contributed by atoms with Gasteiger partial charge in [0.25, 0.3) is 0 Å². The van der Waals surface area contributed by atoms with E-state index in [0.717, 1.165) is 11.1 Å². The zero-order valence-electron chi connectivity index (χ0n) is 17.7. The molecule has 8 nitrogen and oxygen atoms in total. The van der Waals surface area contributed by atoms with Crippen molar-refractivity contribution in [2.75, 3.05) is 30.6 Å². The molecule has 158 valence electrons. The minimum atomic E-state index is -0.560. The van der Waals surface area contributed by atoms with Crippen LogP contribution in [0, 0.1) is 0 Å². The van der Waals surface area contributed by atoms with Gasteiger partial charge in [0.15, 0.2) is 11.5 Å².